The van der Waals surface area contributed by atoms with Crippen molar-refractivity contribution < 1.29 is 9.53 Å². The van der Waals surface area contributed by atoms with Crippen molar-refractivity contribution in [2.24, 2.45) is 0 Å². The Labute approximate surface area is 157 Å². The van der Waals surface area contributed by atoms with E-state index < -0.39 is 0 Å². The van der Waals surface area contributed by atoms with Crippen molar-refractivity contribution in [3.05, 3.63) is 70.9 Å². The topological polar surface area (TPSA) is 67.0 Å². The molecule has 1 amide bonds. The summed E-state index contributed by atoms with van der Waals surface area (Å²) in [6.45, 7) is 2.57. The summed E-state index contributed by atoms with van der Waals surface area (Å²) >= 11 is 5.92. The number of benzene rings is 2. The quantitative estimate of drug-likeness (QED) is 0.681. The summed E-state index contributed by atoms with van der Waals surface area (Å²) in [6, 6.07) is 15.1. The van der Waals surface area contributed by atoms with E-state index in [1.54, 1.807) is 7.11 Å². The number of nitrogens with zero attached hydrogens (tertiary/aromatic N) is 1. The number of hydrogen-bond donors (Lipinski definition) is 2. The van der Waals surface area contributed by atoms with Crippen LogP contribution in [-0.2, 0) is 0 Å². The molecule has 1 aromatic heterocycles. The number of aromatic amines is 1. The lowest BCUT2D eigenvalue weighted by atomic mass is 10.0. The van der Waals surface area contributed by atoms with E-state index in [-0.39, 0.29) is 11.8 Å². The smallest absolute Gasteiger partial charge is 0.255 e. The third-order valence-corrected chi connectivity index (χ3v) is 4.50. The van der Waals surface area contributed by atoms with Crippen LogP contribution in [0.4, 0.5) is 0 Å². The monoisotopic (exact) mass is 369 g/mol. The zero-order valence-electron chi connectivity index (χ0n) is 14.6. The molecular weight excluding hydrogens is 350 g/mol. The molecule has 6 heteroatoms. The highest BCUT2D eigenvalue weighted by Crippen LogP contribution is 2.25. The number of halogens is 1. The van der Waals surface area contributed by atoms with Crippen molar-refractivity contribution >= 4 is 17.5 Å². The summed E-state index contributed by atoms with van der Waals surface area (Å²) in [7, 11) is 1.61. The molecule has 3 aromatic rings. The third kappa shape index (κ3) is 4.06. The molecule has 134 valence electrons. The molecule has 1 heterocycles. The average molecular weight is 370 g/mol. The molecule has 0 bridgehead atoms. The molecule has 2 aromatic carbocycles. The van der Waals surface area contributed by atoms with E-state index in [2.05, 4.69) is 22.4 Å². The fourth-order valence-corrected chi connectivity index (χ4v) is 2.83. The van der Waals surface area contributed by atoms with Gasteiger partial charge in [-0.25, -0.2) is 0 Å². The standard InChI is InChI=1S/C20H20ClN3O2/c1-13(14-6-8-16(21)9-7-14)11-22-20(25)18-12-23-24-19(18)15-4-3-5-17(10-15)26-2/h3-10,12-13H,11H2,1-2H3,(H,22,25)(H,23,24). The number of nitrogens with one attached hydrogen (secondary N) is 2. The van der Waals surface area contributed by atoms with Crippen LogP contribution in [0.25, 0.3) is 11.3 Å². The fourth-order valence-electron chi connectivity index (χ4n) is 2.71. The second-order valence-corrected chi connectivity index (χ2v) is 6.49. The van der Waals surface area contributed by atoms with Gasteiger partial charge < -0.3 is 10.1 Å². The first kappa shape index (κ1) is 18.0. The fraction of sp³-hybridized carbons (Fsp3) is 0.200. The number of H-pyrrole nitrogens is 1. The molecule has 0 saturated heterocycles. The molecule has 0 saturated carbocycles. The molecule has 0 aliphatic heterocycles. The SMILES string of the molecule is COc1cccc(-c2[nH]ncc2C(=O)NCC(C)c2ccc(Cl)cc2)c1. The van der Waals surface area contributed by atoms with Gasteiger partial charge in [0.25, 0.3) is 5.91 Å². The number of amides is 1. The van der Waals surface area contributed by atoms with E-state index >= 15 is 0 Å². The van der Waals surface area contributed by atoms with E-state index in [4.69, 9.17) is 16.3 Å². The van der Waals surface area contributed by atoms with Crippen molar-refractivity contribution in [3.8, 4) is 17.0 Å². The van der Waals surface area contributed by atoms with Crippen molar-refractivity contribution in [1.29, 1.82) is 0 Å². The Hall–Kier alpha value is -2.79. The van der Waals surface area contributed by atoms with Crippen LogP contribution in [-0.4, -0.2) is 29.8 Å². The highest BCUT2D eigenvalue weighted by molar-refractivity contribution is 6.30. The van der Waals surface area contributed by atoms with E-state index in [1.807, 2.05) is 48.5 Å². The van der Waals surface area contributed by atoms with Gasteiger partial charge in [-0.1, -0.05) is 42.8 Å². The summed E-state index contributed by atoms with van der Waals surface area (Å²) in [5.41, 5.74) is 3.13. The van der Waals surface area contributed by atoms with Gasteiger partial charge in [0.05, 0.1) is 24.6 Å². The van der Waals surface area contributed by atoms with Crippen molar-refractivity contribution in [3.63, 3.8) is 0 Å². The number of methoxy groups -OCH3 is 1. The molecule has 0 aliphatic carbocycles. The van der Waals surface area contributed by atoms with E-state index in [9.17, 15) is 4.79 Å². The van der Waals surface area contributed by atoms with Crippen molar-refractivity contribution in [2.45, 2.75) is 12.8 Å². The normalized spacial score (nSPS) is 11.8. The average Bonchev–Trinajstić information content (AvgIpc) is 3.16. The van der Waals surface area contributed by atoms with Crippen LogP contribution >= 0.6 is 11.6 Å². The van der Waals surface area contributed by atoms with Crippen LogP contribution < -0.4 is 10.1 Å². The van der Waals surface area contributed by atoms with E-state index in [1.165, 1.54) is 6.20 Å². The number of carbonyl (C=O) groups is 1. The van der Waals surface area contributed by atoms with Gasteiger partial charge in [0.15, 0.2) is 0 Å². The number of ether oxygens (including phenoxy) is 1. The van der Waals surface area contributed by atoms with E-state index in [0.29, 0.717) is 22.8 Å². The van der Waals surface area contributed by atoms with Gasteiger partial charge >= 0.3 is 0 Å². The predicted octanol–water partition coefficient (Wildman–Crippen LogP) is 4.27. The molecule has 0 radical (unpaired) electrons. The second kappa shape index (κ2) is 8.06. The lowest BCUT2D eigenvalue weighted by Crippen LogP contribution is -2.27. The van der Waals surface area contributed by atoms with Crippen LogP contribution in [0.15, 0.2) is 54.7 Å². The first-order valence-electron chi connectivity index (χ1n) is 8.30. The molecule has 1 unspecified atom stereocenters. The minimum Gasteiger partial charge on any atom is -0.497 e. The molecule has 2 N–H and O–H groups in total. The van der Waals surface area contributed by atoms with Crippen LogP contribution in [0.2, 0.25) is 5.02 Å². The minimum atomic E-state index is -0.169. The molecule has 26 heavy (non-hydrogen) atoms. The van der Waals surface area contributed by atoms with E-state index in [0.717, 1.165) is 16.9 Å². The Kier molecular flexibility index (Phi) is 5.58. The number of hydrogen-bond acceptors (Lipinski definition) is 3. The third-order valence-electron chi connectivity index (χ3n) is 4.25. The van der Waals surface area contributed by atoms with Gasteiger partial charge in [-0.2, -0.15) is 5.10 Å². The number of aromatic nitrogens is 2. The van der Waals surface area contributed by atoms with Gasteiger partial charge in [-0.3, -0.25) is 9.89 Å². The molecule has 0 aliphatic rings. The van der Waals surface area contributed by atoms with Gasteiger partial charge in [-0.15, -0.1) is 0 Å². The lowest BCUT2D eigenvalue weighted by molar-refractivity contribution is 0.0952. The Morgan fingerprint density at radius 1 is 1.27 bits per heavy atom. The van der Waals surface area contributed by atoms with Crippen LogP contribution in [0.3, 0.4) is 0 Å². The van der Waals surface area contributed by atoms with Gasteiger partial charge in [0.2, 0.25) is 0 Å². The van der Waals surface area contributed by atoms with Crippen LogP contribution in [0.1, 0.15) is 28.8 Å². The highest BCUT2D eigenvalue weighted by atomic mass is 35.5. The zero-order chi connectivity index (χ0) is 18.5. The zero-order valence-corrected chi connectivity index (χ0v) is 15.4. The lowest BCUT2D eigenvalue weighted by Gasteiger charge is -2.13. The minimum absolute atomic E-state index is 0.169. The summed E-state index contributed by atoms with van der Waals surface area (Å²) in [4.78, 5) is 12.6. The Bertz CT molecular complexity index is 890. The van der Waals surface area contributed by atoms with Gasteiger partial charge in [0.1, 0.15) is 5.75 Å². The van der Waals surface area contributed by atoms with Gasteiger partial charge in [0, 0.05) is 17.1 Å². The summed E-state index contributed by atoms with van der Waals surface area (Å²) in [5, 5.41) is 10.6. The molecule has 3 rings (SSSR count). The second-order valence-electron chi connectivity index (χ2n) is 6.05. The first-order valence-corrected chi connectivity index (χ1v) is 8.67. The summed E-state index contributed by atoms with van der Waals surface area (Å²) < 4.78 is 5.25. The Morgan fingerprint density at radius 2 is 2.04 bits per heavy atom. The number of carbonyl (C=O) groups excluding carboxylic acids is 1. The maximum absolute atomic E-state index is 12.6. The molecule has 5 nitrogen and oxygen atoms in total. The first-order chi connectivity index (χ1) is 12.6. The predicted molar refractivity (Wildman–Crippen MR) is 103 cm³/mol. The molecular formula is C20H20ClN3O2. The van der Waals surface area contributed by atoms with Crippen LogP contribution in [0, 0.1) is 0 Å². The largest absolute Gasteiger partial charge is 0.497 e. The molecule has 0 fully saturated rings. The maximum atomic E-state index is 12.6. The molecule has 0 spiro atoms. The van der Waals surface area contributed by atoms with Crippen molar-refractivity contribution in [2.75, 3.05) is 13.7 Å². The summed E-state index contributed by atoms with van der Waals surface area (Å²) in [6.07, 6.45) is 1.54. The summed E-state index contributed by atoms with van der Waals surface area (Å²) in [5.74, 6) is 0.723. The van der Waals surface area contributed by atoms with Gasteiger partial charge in [-0.05, 0) is 35.7 Å². The van der Waals surface area contributed by atoms with Crippen LogP contribution in [0.5, 0.6) is 5.75 Å². The molecule has 1 atom stereocenters. The van der Waals surface area contributed by atoms with Crippen molar-refractivity contribution in [1.82, 2.24) is 15.5 Å². The highest BCUT2D eigenvalue weighted by Gasteiger charge is 2.16. The Morgan fingerprint density at radius 3 is 2.77 bits per heavy atom. The Balaban J connectivity index is 1.71. The number of rotatable bonds is 6. The maximum Gasteiger partial charge on any atom is 0.255 e.